The molecule has 2 saturated heterocycles. The fraction of sp³-hybridized carbons (Fsp3) is 0.667. The van der Waals surface area contributed by atoms with E-state index in [1.54, 1.807) is 14.2 Å². The van der Waals surface area contributed by atoms with Crippen LogP contribution in [0, 0.1) is 5.92 Å². The highest BCUT2D eigenvalue weighted by molar-refractivity contribution is 9.10. The van der Waals surface area contributed by atoms with Crippen LogP contribution < -0.4 is 14.8 Å². The van der Waals surface area contributed by atoms with Crippen LogP contribution in [0.4, 0.5) is 0 Å². The molecule has 134 valence electrons. The predicted octanol–water partition coefficient (Wildman–Crippen LogP) is 2.84. The van der Waals surface area contributed by atoms with Crippen molar-refractivity contribution < 1.29 is 14.2 Å². The van der Waals surface area contributed by atoms with E-state index >= 15 is 0 Å². The molecule has 6 heteroatoms. The van der Waals surface area contributed by atoms with Gasteiger partial charge in [0, 0.05) is 51.0 Å². The smallest absolute Gasteiger partial charge is 0.133 e. The maximum Gasteiger partial charge on any atom is 0.133 e. The molecule has 0 radical (unpaired) electrons. The van der Waals surface area contributed by atoms with Crippen molar-refractivity contribution in [3.05, 3.63) is 22.2 Å². The van der Waals surface area contributed by atoms with Gasteiger partial charge in [0.2, 0.25) is 0 Å². The summed E-state index contributed by atoms with van der Waals surface area (Å²) >= 11 is 3.57. The molecular formula is C18H27BrN2O3. The fourth-order valence-electron chi connectivity index (χ4n) is 3.86. The lowest BCUT2D eigenvalue weighted by atomic mass is 9.85. The van der Waals surface area contributed by atoms with E-state index < -0.39 is 0 Å². The molecule has 0 bridgehead atoms. The Hall–Kier alpha value is -0.820. The lowest BCUT2D eigenvalue weighted by Crippen LogP contribution is -2.47. The molecule has 1 aromatic rings. The van der Waals surface area contributed by atoms with Crippen molar-refractivity contribution in [2.45, 2.75) is 18.9 Å². The summed E-state index contributed by atoms with van der Waals surface area (Å²) in [5.74, 6) is 2.37. The molecule has 1 aromatic carbocycles. The zero-order chi connectivity index (χ0) is 16.9. The standard InChI is InChI=1S/C18H27BrN2O3/c1-22-16-12-15(19)17(23-2)11-14(16)18(13-3-9-24-10-4-13)21-7-5-20-6-8-21/h11-13,18,20H,3-10H2,1-2H3/t18-/m0/s1. The summed E-state index contributed by atoms with van der Waals surface area (Å²) in [6.45, 7) is 5.89. The second kappa shape index (κ2) is 8.52. The maximum absolute atomic E-state index is 5.73. The number of nitrogens with zero attached hydrogens (tertiary/aromatic N) is 1. The zero-order valence-electron chi connectivity index (χ0n) is 14.5. The molecule has 2 heterocycles. The molecule has 0 aliphatic carbocycles. The first-order valence-corrected chi connectivity index (χ1v) is 9.48. The van der Waals surface area contributed by atoms with Gasteiger partial charge in [-0.2, -0.15) is 0 Å². The van der Waals surface area contributed by atoms with Crippen molar-refractivity contribution in [2.24, 2.45) is 5.92 Å². The SMILES string of the molecule is COc1cc([C@H](C2CCOCC2)N2CCNCC2)c(OC)cc1Br. The van der Waals surface area contributed by atoms with Gasteiger partial charge in [0.1, 0.15) is 11.5 Å². The van der Waals surface area contributed by atoms with E-state index in [9.17, 15) is 0 Å². The monoisotopic (exact) mass is 398 g/mol. The van der Waals surface area contributed by atoms with Crippen LogP contribution in [0.25, 0.3) is 0 Å². The number of methoxy groups -OCH3 is 2. The highest BCUT2D eigenvalue weighted by Crippen LogP contribution is 2.43. The second-order valence-corrected chi connectivity index (χ2v) is 7.26. The van der Waals surface area contributed by atoms with Gasteiger partial charge in [0.05, 0.1) is 18.7 Å². The number of ether oxygens (including phenoxy) is 3. The Balaban J connectivity index is 1.99. The van der Waals surface area contributed by atoms with Gasteiger partial charge in [-0.1, -0.05) is 0 Å². The third-order valence-corrected chi connectivity index (χ3v) is 5.70. The van der Waals surface area contributed by atoms with Gasteiger partial charge in [0.25, 0.3) is 0 Å². The summed E-state index contributed by atoms with van der Waals surface area (Å²) in [4.78, 5) is 2.59. The van der Waals surface area contributed by atoms with Gasteiger partial charge in [-0.25, -0.2) is 0 Å². The molecule has 2 aliphatic rings. The van der Waals surface area contributed by atoms with Gasteiger partial charge in [-0.3, -0.25) is 4.90 Å². The Labute approximate surface area is 152 Å². The van der Waals surface area contributed by atoms with Crippen molar-refractivity contribution in [3.63, 3.8) is 0 Å². The topological polar surface area (TPSA) is 43.0 Å². The first-order chi connectivity index (χ1) is 11.7. The van der Waals surface area contributed by atoms with Crippen LogP contribution in [-0.4, -0.2) is 58.5 Å². The van der Waals surface area contributed by atoms with E-state index in [0.29, 0.717) is 12.0 Å². The Kier molecular flexibility index (Phi) is 6.38. The predicted molar refractivity (Wildman–Crippen MR) is 98.0 cm³/mol. The molecule has 0 aromatic heterocycles. The number of benzene rings is 1. The highest BCUT2D eigenvalue weighted by atomic mass is 79.9. The van der Waals surface area contributed by atoms with Crippen LogP contribution in [0.5, 0.6) is 11.5 Å². The lowest BCUT2D eigenvalue weighted by Gasteiger charge is -2.41. The molecular weight excluding hydrogens is 372 g/mol. The van der Waals surface area contributed by atoms with Crippen molar-refractivity contribution in [3.8, 4) is 11.5 Å². The summed E-state index contributed by atoms with van der Waals surface area (Å²) in [5, 5.41) is 3.45. The molecule has 1 atom stereocenters. The Bertz CT molecular complexity index is 525. The average Bonchev–Trinajstić information content (AvgIpc) is 2.64. The van der Waals surface area contributed by atoms with E-state index in [1.807, 2.05) is 6.07 Å². The van der Waals surface area contributed by atoms with Crippen LogP contribution in [0.15, 0.2) is 16.6 Å². The van der Waals surface area contributed by atoms with Gasteiger partial charge in [-0.05, 0) is 46.8 Å². The third-order valence-electron chi connectivity index (χ3n) is 5.08. The van der Waals surface area contributed by atoms with Crippen molar-refractivity contribution in [2.75, 3.05) is 53.6 Å². The summed E-state index contributed by atoms with van der Waals surface area (Å²) in [5.41, 5.74) is 1.23. The summed E-state index contributed by atoms with van der Waals surface area (Å²) in [6, 6.07) is 4.52. The number of hydrogen-bond donors (Lipinski definition) is 1. The Morgan fingerprint density at radius 1 is 1.12 bits per heavy atom. The Morgan fingerprint density at radius 2 is 1.79 bits per heavy atom. The number of piperazine rings is 1. The molecule has 5 nitrogen and oxygen atoms in total. The van der Waals surface area contributed by atoms with Crippen LogP contribution in [0.1, 0.15) is 24.4 Å². The minimum absolute atomic E-state index is 0.341. The van der Waals surface area contributed by atoms with E-state index in [-0.39, 0.29) is 0 Å². The molecule has 2 fully saturated rings. The Morgan fingerprint density at radius 3 is 2.42 bits per heavy atom. The van der Waals surface area contributed by atoms with Gasteiger partial charge >= 0.3 is 0 Å². The quantitative estimate of drug-likeness (QED) is 0.825. The van der Waals surface area contributed by atoms with Crippen molar-refractivity contribution in [1.82, 2.24) is 10.2 Å². The van der Waals surface area contributed by atoms with Crippen molar-refractivity contribution >= 4 is 15.9 Å². The van der Waals surface area contributed by atoms with Gasteiger partial charge < -0.3 is 19.5 Å². The minimum Gasteiger partial charge on any atom is -0.496 e. The highest BCUT2D eigenvalue weighted by Gasteiger charge is 2.33. The zero-order valence-corrected chi connectivity index (χ0v) is 16.1. The molecule has 1 N–H and O–H groups in total. The van der Waals surface area contributed by atoms with Gasteiger partial charge in [0.15, 0.2) is 0 Å². The van der Waals surface area contributed by atoms with Crippen LogP contribution >= 0.6 is 15.9 Å². The third kappa shape index (κ3) is 3.87. The molecule has 2 aliphatic heterocycles. The molecule has 0 unspecified atom stereocenters. The molecule has 0 spiro atoms. The van der Waals surface area contributed by atoms with E-state index in [0.717, 1.165) is 68.2 Å². The van der Waals surface area contributed by atoms with Crippen LogP contribution in [-0.2, 0) is 4.74 Å². The van der Waals surface area contributed by atoms with Crippen molar-refractivity contribution in [1.29, 1.82) is 0 Å². The average molecular weight is 399 g/mol. The number of hydrogen-bond acceptors (Lipinski definition) is 5. The first-order valence-electron chi connectivity index (χ1n) is 8.68. The largest absolute Gasteiger partial charge is 0.496 e. The summed E-state index contributed by atoms with van der Waals surface area (Å²) in [6.07, 6.45) is 2.19. The molecule has 0 saturated carbocycles. The van der Waals surface area contributed by atoms with E-state index in [4.69, 9.17) is 14.2 Å². The molecule has 0 amide bonds. The lowest BCUT2D eigenvalue weighted by molar-refractivity contribution is 0.0206. The van der Waals surface area contributed by atoms with E-state index in [1.165, 1.54) is 5.56 Å². The first kappa shape index (κ1) is 18.0. The second-order valence-electron chi connectivity index (χ2n) is 6.41. The van der Waals surface area contributed by atoms with Gasteiger partial charge in [-0.15, -0.1) is 0 Å². The fourth-order valence-corrected chi connectivity index (χ4v) is 4.34. The number of rotatable bonds is 5. The molecule has 24 heavy (non-hydrogen) atoms. The summed E-state index contributed by atoms with van der Waals surface area (Å²) in [7, 11) is 3.46. The molecule has 3 rings (SSSR count). The number of halogens is 1. The van der Waals surface area contributed by atoms with Crippen LogP contribution in [0.3, 0.4) is 0 Å². The number of nitrogens with one attached hydrogen (secondary N) is 1. The van der Waals surface area contributed by atoms with Crippen LogP contribution in [0.2, 0.25) is 0 Å². The maximum atomic E-state index is 5.73. The summed E-state index contributed by atoms with van der Waals surface area (Å²) < 4.78 is 17.8. The van der Waals surface area contributed by atoms with E-state index in [2.05, 4.69) is 32.2 Å². The normalized spacial score (nSPS) is 21.5. The minimum atomic E-state index is 0.341.